The number of carbonyl (C=O) groups excluding carboxylic acids is 1. The summed E-state index contributed by atoms with van der Waals surface area (Å²) in [6, 6.07) is 13.5. The number of benzene rings is 2. The molecule has 0 aromatic heterocycles. The minimum atomic E-state index is -3.67. The van der Waals surface area contributed by atoms with E-state index in [9.17, 15) is 13.2 Å². The normalized spacial score (nSPS) is 15.5. The monoisotopic (exact) mass is 465 g/mol. The van der Waals surface area contributed by atoms with Gasteiger partial charge in [-0.05, 0) is 55.0 Å². The van der Waals surface area contributed by atoms with Crippen LogP contribution < -0.4 is 13.9 Å². The number of ether oxygens (including phenoxy) is 1. The van der Waals surface area contributed by atoms with Crippen LogP contribution in [0.4, 0.5) is 11.4 Å². The number of rotatable bonds is 7. The van der Waals surface area contributed by atoms with Crippen LogP contribution in [-0.4, -0.2) is 64.8 Å². The van der Waals surface area contributed by atoms with E-state index >= 15 is 0 Å². The van der Waals surface area contributed by atoms with Gasteiger partial charge in [-0.1, -0.05) is 18.5 Å². The zero-order valence-electron chi connectivity index (χ0n) is 18.0. The van der Waals surface area contributed by atoms with Crippen LogP contribution in [0.2, 0.25) is 5.02 Å². The molecule has 0 unspecified atom stereocenters. The van der Waals surface area contributed by atoms with Crippen molar-refractivity contribution >= 4 is 38.9 Å². The van der Waals surface area contributed by atoms with E-state index in [0.29, 0.717) is 43.3 Å². The van der Waals surface area contributed by atoms with Gasteiger partial charge in [-0.25, -0.2) is 8.42 Å². The Labute approximate surface area is 189 Å². The molecule has 7 nitrogen and oxygen atoms in total. The molecule has 1 aliphatic rings. The molecule has 1 heterocycles. The van der Waals surface area contributed by atoms with Crippen molar-refractivity contribution in [3.8, 4) is 5.75 Å². The Hall–Kier alpha value is -2.45. The number of sulfonamides is 1. The second-order valence-electron chi connectivity index (χ2n) is 7.47. The van der Waals surface area contributed by atoms with E-state index in [0.717, 1.165) is 17.7 Å². The van der Waals surface area contributed by atoms with Gasteiger partial charge in [-0.3, -0.25) is 9.10 Å². The van der Waals surface area contributed by atoms with Gasteiger partial charge in [-0.2, -0.15) is 0 Å². The smallest absolute Gasteiger partial charge is 0.246 e. The Morgan fingerprint density at radius 3 is 2.13 bits per heavy atom. The lowest BCUT2D eigenvalue weighted by molar-refractivity contribution is -0.132. The molecule has 1 saturated heterocycles. The third kappa shape index (κ3) is 5.43. The fourth-order valence-corrected chi connectivity index (χ4v) is 5.15. The molecule has 2 aromatic rings. The first kappa shape index (κ1) is 23.2. The summed E-state index contributed by atoms with van der Waals surface area (Å²) in [7, 11) is -2.03. The fourth-order valence-electron chi connectivity index (χ4n) is 3.82. The standard InChI is InChI=1S/C22H28ClN3O4S/c1-4-21(26(31(3,28)29)19-7-5-17(23)6-8-19)22(27)25-15-13-24(14-16-25)18-9-11-20(30-2)12-10-18/h5-12,21H,4,13-16H2,1-3H3/t21-/m0/s1. The first-order chi connectivity index (χ1) is 14.7. The van der Waals surface area contributed by atoms with Gasteiger partial charge in [0.1, 0.15) is 11.8 Å². The maximum absolute atomic E-state index is 13.3. The summed E-state index contributed by atoms with van der Waals surface area (Å²) < 4.78 is 31.6. The van der Waals surface area contributed by atoms with Crippen molar-refractivity contribution in [3.63, 3.8) is 0 Å². The van der Waals surface area contributed by atoms with Gasteiger partial charge in [-0.15, -0.1) is 0 Å². The van der Waals surface area contributed by atoms with Crippen LogP contribution in [0.5, 0.6) is 5.75 Å². The predicted molar refractivity (Wildman–Crippen MR) is 125 cm³/mol. The SMILES string of the molecule is CC[C@@H](C(=O)N1CCN(c2ccc(OC)cc2)CC1)N(c1ccc(Cl)cc1)S(C)(=O)=O. The van der Waals surface area contributed by atoms with Crippen molar-refractivity contribution < 1.29 is 17.9 Å². The highest BCUT2D eigenvalue weighted by atomic mass is 35.5. The van der Waals surface area contributed by atoms with Crippen molar-refractivity contribution in [2.75, 3.05) is 48.7 Å². The van der Waals surface area contributed by atoms with Crippen LogP contribution >= 0.6 is 11.6 Å². The van der Waals surface area contributed by atoms with Crippen LogP contribution in [0.25, 0.3) is 0 Å². The maximum atomic E-state index is 13.3. The minimum absolute atomic E-state index is 0.183. The van der Waals surface area contributed by atoms with Crippen LogP contribution in [0.1, 0.15) is 13.3 Å². The van der Waals surface area contributed by atoms with E-state index < -0.39 is 16.1 Å². The number of nitrogens with zero attached hydrogens (tertiary/aromatic N) is 3. The lowest BCUT2D eigenvalue weighted by Crippen LogP contribution is -2.56. The molecule has 0 saturated carbocycles. The summed E-state index contributed by atoms with van der Waals surface area (Å²) in [4.78, 5) is 17.3. The highest BCUT2D eigenvalue weighted by Gasteiger charge is 2.35. The van der Waals surface area contributed by atoms with Crippen molar-refractivity contribution in [1.29, 1.82) is 0 Å². The van der Waals surface area contributed by atoms with Crippen LogP contribution in [-0.2, 0) is 14.8 Å². The summed E-state index contributed by atoms with van der Waals surface area (Å²) in [5.74, 6) is 0.615. The number of halogens is 1. The molecule has 31 heavy (non-hydrogen) atoms. The molecule has 1 aliphatic heterocycles. The Balaban J connectivity index is 1.74. The summed E-state index contributed by atoms with van der Waals surface area (Å²) in [5.41, 5.74) is 1.50. The number of hydrogen-bond donors (Lipinski definition) is 0. The Morgan fingerprint density at radius 1 is 1.06 bits per heavy atom. The van der Waals surface area contributed by atoms with E-state index in [1.54, 1.807) is 36.3 Å². The fraction of sp³-hybridized carbons (Fsp3) is 0.409. The maximum Gasteiger partial charge on any atom is 0.246 e. The van der Waals surface area contributed by atoms with Gasteiger partial charge in [0.15, 0.2) is 0 Å². The Morgan fingerprint density at radius 2 is 1.65 bits per heavy atom. The average Bonchev–Trinajstić information content (AvgIpc) is 2.77. The van der Waals surface area contributed by atoms with Gasteiger partial charge < -0.3 is 14.5 Å². The van der Waals surface area contributed by atoms with E-state index in [1.807, 2.05) is 31.2 Å². The van der Waals surface area contributed by atoms with Crippen LogP contribution in [0, 0.1) is 0 Å². The van der Waals surface area contributed by atoms with Gasteiger partial charge in [0.2, 0.25) is 15.9 Å². The molecule has 1 atom stereocenters. The molecular formula is C22H28ClN3O4S. The zero-order valence-corrected chi connectivity index (χ0v) is 19.6. The number of anilines is 2. The molecule has 168 valence electrons. The summed E-state index contributed by atoms with van der Waals surface area (Å²) in [6.45, 7) is 4.23. The lowest BCUT2D eigenvalue weighted by atomic mass is 10.1. The molecule has 1 amide bonds. The second kappa shape index (κ2) is 9.78. The summed E-state index contributed by atoms with van der Waals surface area (Å²) in [6.07, 6.45) is 1.49. The quantitative estimate of drug-likeness (QED) is 0.627. The predicted octanol–water partition coefficient (Wildman–Crippen LogP) is 3.24. The molecule has 0 radical (unpaired) electrons. The van der Waals surface area contributed by atoms with Gasteiger partial charge in [0.05, 0.1) is 19.1 Å². The lowest BCUT2D eigenvalue weighted by Gasteiger charge is -2.39. The molecule has 0 N–H and O–H groups in total. The van der Waals surface area contributed by atoms with E-state index in [4.69, 9.17) is 16.3 Å². The molecule has 2 aromatic carbocycles. The van der Waals surface area contributed by atoms with Gasteiger partial charge in [0, 0.05) is 36.9 Å². The van der Waals surface area contributed by atoms with Crippen molar-refractivity contribution in [1.82, 2.24) is 4.90 Å². The molecule has 1 fully saturated rings. The highest BCUT2D eigenvalue weighted by Crippen LogP contribution is 2.26. The van der Waals surface area contributed by atoms with Crippen molar-refractivity contribution in [2.24, 2.45) is 0 Å². The molecule has 9 heteroatoms. The van der Waals surface area contributed by atoms with Gasteiger partial charge in [0.25, 0.3) is 0 Å². The first-order valence-electron chi connectivity index (χ1n) is 10.2. The molecule has 0 spiro atoms. The van der Waals surface area contributed by atoms with Crippen LogP contribution in [0.3, 0.4) is 0 Å². The topological polar surface area (TPSA) is 70.2 Å². The molecular weight excluding hydrogens is 438 g/mol. The second-order valence-corrected chi connectivity index (χ2v) is 9.77. The number of amides is 1. The first-order valence-corrected chi connectivity index (χ1v) is 12.4. The zero-order chi connectivity index (χ0) is 22.6. The molecule has 0 bridgehead atoms. The third-order valence-electron chi connectivity index (χ3n) is 5.42. The Bertz CT molecular complexity index is 988. The largest absolute Gasteiger partial charge is 0.497 e. The third-order valence-corrected chi connectivity index (χ3v) is 6.85. The van der Waals surface area contributed by atoms with Crippen molar-refractivity contribution in [3.05, 3.63) is 53.6 Å². The summed E-state index contributed by atoms with van der Waals surface area (Å²) >= 11 is 5.95. The van der Waals surface area contributed by atoms with Gasteiger partial charge >= 0.3 is 0 Å². The summed E-state index contributed by atoms with van der Waals surface area (Å²) in [5, 5.41) is 0.506. The minimum Gasteiger partial charge on any atom is -0.497 e. The van der Waals surface area contributed by atoms with E-state index in [1.165, 1.54) is 4.31 Å². The Kier molecular flexibility index (Phi) is 7.33. The van der Waals surface area contributed by atoms with E-state index in [2.05, 4.69) is 4.90 Å². The number of hydrogen-bond acceptors (Lipinski definition) is 5. The average molecular weight is 466 g/mol. The number of piperazine rings is 1. The van der Waals surface area contributed by atoms with Crippen LogP contribution in [0.15, 0.2) is 48.5 Å². The molecule has 0 aliphatic carbocycles. The number of carbonyl (C=O) groups is 1. The van der Waals surface area contributed by atoms with E-state index in [-0.39, 0.29) is 5.91 Å². The molecule has 3 rings (SSSR count). The van der Waals surface area contributed by atoms with Crippen molar-refractivity contribution in [2.45, 2.75) is 19.4 Å². The number of methoxy groups -OCH3 is 1. The highest BCUT2D eigenvalue weighted by molar-refractivity contribution is 7.92.